The fourth-order valence-electron chi connectivity index (χ4n) is 4.32. The van der Waals surface area contributed by atoms with E-state index in [0.29, 0.717) is 24.7 Å². The van der Waals surface area contributed by atoms with E-state index in [4.69, 9.17) is 18.9 Å². The number of hydrogen-bond donors (Lipinski definition) is 0. The molecule has 2 aromatic carbocycles. The van der Waals surface area contributed by atoms with Gasteiger partial charge in [-0.05, 0) is 52.4 Å². The van der Waals surface area contributed by atoms with E-state index in [0.717, 1.165) is 43.3 Å². The maximum Gasteiger partial charge on any atom is 0.173 e. The lowest BCUT2D eigenvalue weighted by Crippen LogP contribution is -2.48. The van der Waals surface area contributed by atoms with E-state index in [-0.39, 0.29) is 6.04 Å². The molecule has 1 aromatic heterocycles. The first kappa shape index (κ1) is 23.8. The molecule has 34 heavy (non-hydrogen) atoms. The molecule has 10 nitrogen and oxygen atoms in total. The van der Waals surface area contributed by atoms with Crippen molar-refractivity contribution in [1.29, 1.82) is 0 Å². The molecule has 1 saturated heterocycles. The molecule has 1 aliphatic rings. The van der Waals surface area contributed by atoms with Crippen LogP contribution in [0.2, 0.25) is 0 Å². The van der Waals surface area contributed by atoms with Gasteiger partial charge < -0.3 is 23.8 Å². The van der Waals surface area contributed by atoms with Crippen LogP contribution in [0.4, 0.5) is 5.69 Å². The molecule has 0 aliphatic carbocycles. The lowest BCUT2D eigenvalue weighted by atomic mass is 10.0. The van der Waals surface area contributed by atoms with Gasteiger partial charge in [0.05, 0.1) is 40.5 Å². The van der Waals surface area contributed by atoms with E-state index in [1.165, 1.54) is 5.69 Å². The van der Waals surface area contributed by atoms with Crippen LogP contribution >= 0.6 is 0 Å². The van der Waals surface area contributed by atoms with E-state index >= 15 is 0 Å². The molecule has 4 rings (SSSR count). The van der Waals surface area contributed by atoms with Gasteiger partial charge in [-0.3, -0.25) is 4.90 Å². The number of hydrogen-bond acceptors (Lipinski definition) is 9. The average molecular weight is 469 g/mol. The van der Waals surface area contributed by atoms with Crippen LogP contribution in [0.1, 0.15) is 17.4 Å². The third-order valence-electron chi connectivity index (χ3n) is 6.15. The minimum atomic E-state index is -0.135. The molecule has 1 atom stereocenters. The van der Waals surface area contributed by atoms with Gasteiger partial charge in [0.15, 0.2) is 17.3 Å². The Labute approximate surface area is 200 Å². The van der Waals surface area contributed by atoms with Gasteiger partial charge in [0, 0.05) is 39.0 Å². The fourth-order valence-corrected chi connectivity index (χ4v) is 4.32. The summed E-state index contributed by atoms with van der Waals surface area (Å²) in [4.78, 5) is 4.80. The van der Waals surface area contributed by atoms with Crippen molar-refractivity contribution in [1.82, 2.24) is 25.1 Å². The van der Waals surface area contributed by atoms with Crippen molar-refractivity contribution in [2.24, 2.45) is 0 Å². The monoisotopic (exact) mass is 468 g/mol. The lowest BCUT2D eigenvalue weighted by Gasteiger charge is -2.40. The van der Waals surface area contributed by atoms with Crippen molar-refractivity contribution in [3.05, 3.63) is 53.9 Å². The Kier molecular flexibility index (Phi) is 7.81. The summed E-state index contributed by atoms with van der Waals surface area (Å²) in [5.41, 5.74) is 2.23. The molecular weight excluding hydrogens is 436 g/mol. The maximum absolute atomic E-state index is 5.58. The number of ether oxygens (including phenoxy) is 4. The van der Waals surface area contributed by atoms with Crippen LogP contribution in [-0.2, 0) is 11.3 Å². The van der Waals surface area contributed by atoms with Gasteiger partial charge in [0.1, 0.15) is 5.75 Å². The number of methoxy groups -OCH3 is 4. The van der Waals surface area contributed by atoms with E-state index in [1.54, 1.807) is 28.4 Å². The van der Waals surface area contributed by atoms with Gasteiger partial charge >= 0.3 is 0 Å². The van der Waals surface area contributed by atoms with Crippen LogP contribution in [0.3, 0.4) is 0 Å². The van der Waals surface area contributed by atoms with E-state index < -0.39 is 0 Å². The maximum atomic E-state index is 5.58. The first-order valence-electron chi connectivity index (χ1n) is 11.3. The largest absolute Gasteiger partial charge is 0.497 e. The molecule has 0 saturated carbocycles. The summed E-state index contributed by atoms with van der Waals surface area (Å²) >= 11 is 0. The molecule has 1 aliphatic heterocycles. The van der Waals surface area contributed by atoms with Crippen LogP contribution < -0.4 is 19.1 Å². The Morgan fingerprint density at radius 2 is 1.59 bits per heavy atom. The molecule has 0 N–H and O–H groups in total. The predicted molar refractivity (Wildman–Crippen MR) is 128 cm³/mol. The van der Waals surface area contributed by atoms with Crippen molar-refractivity contribution in [2.75, 3.05) is 66.1 Å². The second kappa shape index (κ2) is 11.2. The van der Waals surface area contributed by atoms with Crippen LogP contribution in [-0.4, -0.2) is 86.3 Å². The second-order valence-electron chi connectivity index (χ2n) is 7.99. The van der Waals surface area contributed by atoms with Crippen molar-refractivity contribution >= 4 is 5.69 Å². The van der Waals surface area contributed by atoms with Crippen molar-refractivity contribution in [3.8, 4) is 17.2 Å². The van der Waals surface area contributed by atoms with Crippen molar-refractivity contribution in [3.63, 3.8) is 0 Å². The Morgan fingerprint density at radius 3 is 2.24 bits per heavy atom. The number of nitrogens with zero attached hydrogens (tertiary/aromatic N) is 6. The number of tetrazole rings is 1. The quantitative estimate of drug-likeness (QED) is 0.445. The number of benzene rings is 2. The lowest BCUT2D eigenvalue weighted by molar-refractivity contribution is 0.171. The third-order valence-corrected chi connectivity index (χ3v) is 6.15. The molecule has 1 fully saturated rings. The van der Waals surface area contributed by atoms with Gasteiger partial charge in [-0.15, -0.1) is 5.10 Å². The van der Waals surface area contributed by atoms with E-state index in [1.807, 2.05) is 28.9 Å². The summed E-state index contributed by atoms with van der Waals surface area (Å²) in [5.74, 6) is 3.01. The molecule has 10 heteroatoms. The zero-order valence-corrected chi connectivity index (χ0v) is 20.2. The van der Waals surface area contributed by atoms with E-state index in [2.05, 4.69) is 43.5 Å². The standard InChI is InChI=1S/C24H32N6O4/c1-31-16-15-30-24(25-26-27-30)23(18-5-10-21(33-3)22(17-18)34-4)29-13-11-28(12-14-29)19-6-8-20(32-2)9-7-19/h5-10,17,23H,11-16H2,1-4H3/t23-/m1/s1. The minimum Gasteiger partial charge on any atom is -0.497 e. The average Bonchev–Trinajstić information content (AvgIpc) is 3.36. The van der Waals surface area contributed by atoms with Crippen molar-refractivity contribution in [2.45, 2.75) is 12.6 Å². The minimum absolute atomic E-state index is 0.135. The smallest absolute Gasteiger partial charge is 0.173 e. The summed E-state index contributed by atoms with van der Waals surface area (Å²) < 4.78 is 23.4. The molecular formula is C24H32N6O4. The normalized spacial score (nSPS) is 15.2. The Hall–Kier alpha value is -3.37. The summed E-state index contributed by atoms with van der Waals surface area (Å²) in [6.45, 7) is 4.58. The summed E-state index contributed by atoms with van der Waals surface area (Å²) in [7, 11) is 6.64. The first-order chi connectivity index (χ1) is 16.7. The summed E-state index contributed by atoms with van der Waals surface area (Å²) in [6, 6.07) is 14.1. The Morgan fingerprint density at radius 1 is 0.853 bits per heavy atom. The Bertz CT molecular complexity index is 1050. The summed E-state index contributed by atoms with van der Waals surface area (Å²) in [6.07, 6.45) is 0. The van der Waals surface area contributed by atoms with Gasteiger partial charge in [0.2, 0.25) is 0 Å². The molecule has 182 valence electrons. The van der Waals surface area contributed by atoms with Crippen molar-refractivity contribution < 1.29 is 18.9 Å². The topological polar surface area (TPSA) is 87.0 Å². The highest BCUT2D eigenvalue weighted by Crippen LogP contribution is 2.35. The number of anilines is 1. The number of rotatable bonds is 10. The number of aromatic nitrogens is 4. The second-order valence-corrected chi connectivity index (χ2v) is 7.99. The predicted octanol–water partition coefficient (Wildman–Crippen LogP) is 2.26. The summed E-state index contributed by atoms with van der Waals surface area (Å²) in [5, 5.41) is 12.6. The Balaban J connectivity index is 1.61. The van der Waals surface area contributed by atoms with Crippen LogP contribution in [0.15, 0.2) is 42.5 Å². The highest BCUT2D eigenvalue weighted by Gasteiger charge is 2.31. The zero-order chi connectivity index (χ0) is 23.9. The van der Waals surface area contributed by atoms with Gasteiger partial charge in [-0.2, -0.15) is 0 Å². The molecule has 0 radical (unpaired) electrons. The molecule has 0 amide bonds. The zero-order valence-electron chi connectivity index (χ0n) is 20.2. The highest BCUT2D eigenvalue weighted by atomic mass is 16.5. The van der Waals surface area contributed by atoms with Crippen LogP contribution in [0, 0.1) is 0 Å². The fraction of sp³-hybridized carbons (Fsp3) is 0.458. The van der Waals surface area contributed by atoms with Gasteiger partial charge in [0.25, 0.3) is 0 Å². The molecule has 2 heterocycles. The SMILES string of the molecule is COCCn1nnnc1[C@@H](c1ccc(OC)c(OC)c1)N1CCN(c2ccc(OC)cc2)CC1. The van der Waals surface area contributed by atoms with Crippen LogP contribution in [0.25, 0.3) is 0 Å². The van der Waals surface area contributed by atoms with Crippen LogP contribution in [0.5, 0.6) is 17.2 Å². The van der Waals surface area contributed by atoms with E-state index in [9.17, 15) is 0 Å². The highest BCUT2D eigenvalue weighted by molar-refractivity contribution is 5.50. The molecule has 0 unspecified atom stereocenters. The molecule has 3 aromatic rings. The number of piperazine rings is 1. The third kappa shape index (κ3) is 5.07. The molecule has 0 spiro atoms. The molecule has 0 bridgehead atoms. The van der Waals surface area contributed by atoms with Gasteiger partial charge in [-0.25, -0.2) is 4.68 Å². The first-order valence-corrected chi connectivity index (χ1v) is 11.3. The van der Waals surface area contributed by atoms with Gasteiger partial charge in [-0.1, -0.05) is 6.07 Å².